The molecule has 0 bridgehead atoms. The topological polar surface area (TPSA) is 56.5 Å². The molecule has 4 rings (SSSR count). The molecule has 2 N–H and O–H groups in total. The average Bonchev–Trinajstić information content (AvgIpc) is 3.08. The van der Waals surface area contributed by atoms with Crippen molar-refractivity contribution >= 4 is 32.9 Å². The normalized spacial score (nSPS) is 11.8. The van der Waals surface area contributed by atoms with E-state index in [4.69, 9.17) is 15.1 Å². The lowest BCUT2D eigenvalue weighted by Gasteiger charge is -2.03. The predicted molar refractivity (Wildman–Crippen MR) is 86.9 cm³/mol. The van der Waals surface area contributed by atoms with Crippen molar-refractivity contribution in [3.05, 3.63) is 40.8 Å². The van der Waals surface area contributed by atoms with E-state index in [1.807, 2.05) is 24.3 Å². The summed E-state index contributed by atoms with van der Waals surface area (Å²) in [6, 6.07) is 6.26. The Kier molecular flexibility index (Phi) is 2.44. The number of nitrogens with zero attached hydrogens (tertiary/aromatic N) is 2. The first-order chi connectivity index (χ1) is 10.1. The summed E-state index contributed by atoms with van der Waals surface area (Å²) < 4.78 is 8.81. The number of nitrogens with two attached hydrogens (primary N) is 1. The van der Waals surface area contributed by atoms with Gasteiger partial charge < -0.3 is 10.2 Å². The number of hydrogen-bond donors (Lipinski definition) is 1. The van der Waals surface area contributed by atoms with Gasteiger partial charge in [0.25, 0.3) is 0 Å². The lowest BCUT2D eigenvalue weighted by Crippen LogP contribution is -1.97. The highest BCUT2D eigenvalue weighted by atomic mass is 32.1. The molecule has 0 aliphatic heterocycles. The van der Waals surface area contributed by atoms with E-state index in [2.05, 4.69) is 24.4 Å². The van der Waals surface area contributed by atoms with Crippen molar-refractivity contribution in [1.29, 1.82) is 0 Å². The fourth-order valence-electron chi connectivity index (χ4n) is 2.91. The maximum absolute atomic E-state index is 6.37. The van der Waals surface area contributed by atoms with Crippen LogP contribution in [-0.2, 0) is 0 Å². The minimum Gasteiger partial charge on any atom is -0.466 e. The zero-order chi connectivity index (χ0) is 14.7. The van der Waals surface area contributed by atoms with Crippen molar-refractivity contribution in [1.82, 2.24) is 9.38 Å². The Bertz CT molecular complexity index is 990. The van der Waals surface area contributed by atoms with Crippen molar-refractivity contribution in [2.24, 2.45) is 0 Å². The molecule has 0 unspecified atom stereocenters. The molecular formula is C16H15N3OS. The van der Waals surface area contributed by atoms with Gasteiger partial charge in [0.05, 0.1) is 4.70 Å². The Labute approximate surface area is 125 Å². The van der Waals surface area contributed by atoms with Gasteiger partial charge in [0.15, 0.2) is 5.65 Å². The van der Waals surface area contributed by atoms with E-state index in [1.165, 1.54) is 5.39 Å². The van der Waals surface area contributed by atoms with Crippen LogP contribution in [0.15, 0.2) is 28.0 Å². The first-order valence-electron chi connectivity index (χ1n) is 6.78. The lowest BCUT2D eigenvalue weighted by molar-refractivity contribution is 0.505. The molecule has 4 heterocycles. The molecular weight excluding hydrogens is 282 g/mol. The first-order valence-corrected chi connectivity index (χ1v) is 7.66. The van der Waals surface area contributed by atoms with Gasteiger partial charge in [-0.05, 0) is 49.7 Å². The second kappa shape index (κ2) is 4.11. The molecule has 0 aromatic carbocycles. The third-order valence-electron chi connectivity index (χ3n) is 3.82. The first kappa shape index (κ1) is 12.5. The summed E-state index contributed by atoms with van der Waals surface area (Å²) in [6.07, 6.45) is 0. The SMILES string of the molecule is Cc1cc(-c2nc3c4sccc4cc(C)n3c2N)c(C)o1. The van der Waals surface area contributed by atoms with Crippen molar-refractivity contribution in [2.75, 3.05) is 5.73 Å². The third kappa shape index (κ3) is 1.64. The number of hydrogen-bond acceptors (Lipinski definition) is 4. The number of rotatable bonds is 1. The van der Waals surface area contributed by atoms with Crippen LogP contribution >= 0.6 is 11.3 Å². The highest BCUT2D eigenvalue weighted by Gasteiger charge is 2.19. The molecule has 0 atom stereocenters. The van der Waals surface area contributed by atoms with E-state index in [0.29, 0.717) is 5.82 Å². The number of aryl methyl sites for hydroxylation is 3. The molecule has 0 spiro atoms. The molecule has 0 saturated carbocycles. The van der Waals surface area contributed by atoms with Crippen LogP contribution in [0.4, 0.5) is 5.82 Å². The fourth-order valence-corrected chi connectivity index (χ4v) is 3.77. The van der Waals surface area contributed by atoms with Crippen LogP contribution in [0.1, 0.15) is 17.2 Å². The number of furan rings is 1. The number of aromatic nitrogens is 2. The summed E-state index contributed by atoms with van der Waals surface area (Å²) in [5.41, 5.74) is 10.2. The summed E-state index contributed by atoms with van der Waals surface area (Å²) >= 11 is 1.69. The smallest absolute Gasteiger partial charge is 0.157 e. The van der Waals surface area contributed by atoms with E-state index in [9.17, 15) is 0 Å². The van der Waals surface area contributed by atoms with Crippen molar-refractivity contribution in [3.63, 3.8) is 0 Å². The van der Waals surface area contributed by atoms with Gasteiger partial charge in [-0.25, -0.2) is 4.98 Å². The monoisotopic (exact) mass is 297 g/mol. The second-order valence-electron chi connectivity index (χ2n) is 5.32. The number of anilines is 1. The van der Waals surface area contributed by atoms with Gasteiger partial charge in [-0.15, -0.1) is 11.3 Å². The molecule has 0 amide bonds. The Morgan fingerprint density at radius 1 is 1.24 bits per heavy atom. The van der Waals surface area contributed by atoms with Crippen molar-refractivity contribution < 1.29 is 4.42 Å². The van der Waals surface area contributed by atoms with Gasteiger partial charge >= 0.3 is 0 Å². The van der Waals surface area contributed by atoms with Crippen molar-refractivity contribution in [2.45, 2.75) is 20.8 Å². The number of fused-ring (bicyclic) bond motifs is 3. The van der Waals surface area contributed by atoms with Gasteiger partial charge in [0.1, 0.15) is 23.0 Å². The van der Waals surface area contributed by atoms with Gasteiger partial charge in [-0.1, -0.05) is 0 Å². The van der Waals surface area contributed by atoms with E-state index in [1.54, 1.807) is 11.3 Å². The van der Waals surface area contributed by atoms with Crippen LogP contribution in [0, 0.1) is 20.8 Å². The molecule has 5 heteroatoms. The van der Waals surface area contributed by atoms with Gasteiger partial charge in [0, 0.05) is 11.3 Å². The van der Waals surface area contributed by atoms with Crippen LogP contribution in [-0.4, -0.2) is 9.38 Å². The molecule has 0 radical (unpaired) electrons. The summed E-state index contributed by atoms with van der Waals surface area (Å²) in [5, 5.41) is 3.30. The number of nitrogen functional groups attached to an aromatic ring is 1. The minimum atomic E-state index is 0.668. The molecule has 0 saturated heterocycles. The fraction of sp³-hybridized carbons (Fsp3) is 0.188. The number of imidazole rings is 1. The molecule has 0 aliphatic carbocycles. The molecule has 4 nitrogen and oxygen atoms in total. The van der Waals surface area contributed by atoms with Gasteiger partial charge in [-0.2, -0.15) is 0 Å². The molecule has 4 aromatic rings. The van der Waals surface area contributed by atoms with Crippen LogP contribution in [0.5, 0.6) is 0 Å². The van der Waals surface area contributed by atoms with E-state index in [-0.39, 0.29) is 0 Å². The molecule has 21 heavy (non-hydrogen) atoms. The van der Waals surface area contributed by atoms with E-state index in [0.717, 1.165) is 38.8 Å². The zero-order valence-electron chi connectivity index (χ0n) is 12.1. The Morgan fingerprint density at radius 3 is 2.76 bits per heavy atom. The average molecular weight is 297 g/mol. The quantitative estimate of drug-likeness (QED) is 0.569. The highest BCUT2D eigenvalue weighted by molar-refractivity contribution is 7.18. The molecule has 106 valence electrons. The molecule has 0 fully saturated rings. The Hall–Kier alpha value is -2.27. The van der Waals surface area contributed by atoms with Gasteiger partial charge in [-0.3, -0.25) is 4.40 Å². The zero-order valence-corrected chi connectivity index (χ0v) is 12.9. The maximum atomic E-state index is 6.37. The summed E-state index contributed by atoms with van der Waals surface area (Å²) in [7, 11) is 0. The van der Waals surface area contributed by atoms with Crippen LogP contribution in [0.2, 0.25) is 0 Å². The summed E-state index contributed by atoms with van der Waals surface area (Å²) in [6.45, 7) is 5.93. The Balaban J connectivity index is 2.14. The summed E-state index contributed by atoms with van der Waals surface area (Å²) in [4.78, 5) is 4.81. The standard InChI is InChI=1S/C16H15N3OS/c1-8-6-11-4-5-21-14(11)16-18-13(15(17)19(8)16)12-7-9(2)20-10(12)3/h4-7H,17H2,1-3H3. The largest absolute Gasteiger partial charge is 0.466 e. The van der Waals surface area contributed by atoms with Crippen molar-refractivity contribution in [3.8, 4) is 11.3 Å². The third-order valence-corrected chi connectivity index (χ3v) is 4.75. The second-order valence-corrected chi connectivity index (χ2v) is 6.24. The number of thiophene rings is 1. The van der Waals surface area contributed by atoms with Crippen LogP contribution < -0.4 is 5.73 Å². The van der Waals surface area contributed by atoms with Crippen LogP contribution in [0.3, 0.4) is 0 Å². The maximum Gasteiger partial charge on any atom is 0.157 e. The van der Waals surface area contributed by atoms with E-state index < -0.39 is 0 Å². The molecule has 4 aromatic heterocycles. The predicted octanol–water partition coefficient (Wildman–Crippen LogP) is 4.32. The van der Waals surface area contributed by atoms with Crippen LogP contribution in [0.25, 0.3) is 27.0 Å². The lowest BCUT2D eigenvalue weighted by atomic mass is 10.2. The minimum absolute atomic E-state index is 0.668. The summed E-state index contributed by atoms with van der Waals surface area (Å²) in [5.74, 6) is 2.39. The van der Waals surface area contributed by atoms with E-state index >= 15 is 0 Å². The molecule has 0 aliphatic rings. The van der Waals surface area contributed by atoms with Gasteiger partial charge in [0.2, 0.25) is 0 Å². The highest BCUT2D eigenvalue weighted by Crippen LogP contribution is 2.35. The Morgan fingerprint density at radius 2 is 2.05 bits per heavy atom. The number of pyridine rings is 1.